The van der Waals surface area contributed by atoms with Gasteiger partial charge in [-0.05, 0) is 38.7 Å². The molecule has 9 heteroatoms. The van der Waals surface area contributed by atoms with Gasteiger partial charge in [-0.3, -0.25) is 9.36 Å². The van der Waals surface area contributed by atoms with Crippen molar-refractivity contribution in [3.05, 3.63) is 41.3 Å². The third-order valence-corrected chi connectivity index (χ3v) is 8.52. The minimum absolute atomic E-state index is 0.0195. The molecule has 0 amide bonds. The van der Waals surface area contributed by atoms with Crippen LogP contribution in [0.15, 0.2) is 35.8 Å². The van der Waals surface area contributed by atoms with Crippen LogP contribution in [0.4, 0.5) is 5.95 Å². The molecule has 0 aromatic carbocycles. The second-order valence-corrected chi connectivity index (χ2v) is 10.5. The fourth-order valence-corrected chi connectivity index (χ4v) is 5.85. The van der Waals surface area contributed by atoms with Crippen molar-refractivity contribution >= 4 is 27.0 Å². The van der Waals surface area contributed by atoms with E-state index in [1.54, 1.807) is 25.3 Å². The van der Waals surface area contributed by atoms with Crippen molar-refractivity contribution in [1.29, 1.82) is 0 Å². The number of pyridine rings is 1. The minimum atomic E-state index is -3.34. The van der Waals surface area contributed by atoms with E-state index in [1.807, 2.05) is 4.57 Å². The van der Waals surface area contributed by atoms with Crippen LogP contribution in [0.1, 0.15) is 51.5 Å². The van der Waals surface area contributed by atoms with Crippen LogP contribution in [0.2, 0.25) is 0 Å². The first-order valence-corrected chi connectivity index (χ1v) is 12.2. The molecular weight excluding hydrogens is 402 g/mol. The van der Waals surface area contributed by atoms with E-state index in [0.717, 1.165) is 31.1 Å². The number of hydrogen-bond acceptors (Lipinski definition) is 6. The molecule has 4 rings (SSSR count). The summed E-state index contributed by atoms with van der Waals surface area (Å²) in [6, 6.07) is 3.65. The van der Waals surface area contributed by atoms with E-state index in [4.69, 9.17) is 0 Å². The van der Waals surface area contributed by atoms with Crippen molar-refractivity contribution in [2.24, 2.45) is 0 Å². The van der Waals surface area contributed by atoms with Gasteiger partial charge in [0.25, 0.3) is 5.56 Å². The van der Waals surface area contributed by atoms with E-state index >= 15 is 0 Å². The van der Waals surface area contributed by atoms with Crippen LogP contribution in [0, 0.1) is 0 Å². The molecular formula is C21H29N5O3S. The summed E-state index contributed by atoms with van der Waals surface area (Å²) >= 11 is 0. The van der Waals surface area contributed by atoms with Crippen molar-refractivity contribution in [2.75, 3.05) is 18.4 Å². The average Bonchev–Trinajstić information content (AvgIpc) is 3.27. The van der Waals surface area contributed by atoms with Gasteiger partial charge >= 0.3 is 0 Å². The van der Waals surface area contributed by atoms with Gasteiger partial charge in [-0.1, -0.05) is 18.9 Å². The Morgan fingerprint density at radius 1 is 1.20 bits per heavy atom. The first-order valence-electron chi connectivity index (χ1n) is 10.7. The van der Waals surface area contributed by atoms with Gasteiger partial charge in [-0.25, -0.2) is 17.7 Å². The molecule has 0 bridgehead atoms. The number of rotatable bonds is 6. The SMILES string of the molecule is C=CC(C)S(=O)(=O)N1CCC(Nc2ncc3ccc(=O)n(C4CCCC4)c3n2)CC1. The average molecular weight is 432 g/mol. The second kappa shape index (κ2) is 8.47. The predicted octanol–water partition coefficient (Wildman–Crippen LogP) is 2.69. The molecule has 1 saturated heterocycles. The highest BCUT2D eigenvalue weighted by atomic mass is 32.2. The van der Waals surface area contributed by atoms with Crippen molar-refractivity contribution in [2.45, 2.75) is 62.8 Å². The van der Waals surface area contributed by atoms with Gasteiger partial charge in [0, 0.05) is 42.8 Å². The van der Waals surface area contributed by atoms with Crippen molar-refractivity contribution in [3.8, 4) is 0 Å². The fraction of sp³-hybridized carbons (Fsp3) is 0.571. The van der Waals surface area contributed by atoms with E-state index in [-0.39, 0.29) is 17.6 Å². The highest BCUT2D eigenvalue weighted by Gasteiger charge is 2.31. The van der Waals surface area contributed by atoms with Gasteiger partial charge in [0.1, 0.15) is 5.65 Å². The molecule has 2 fully saturated rings. The van der Waals surface area contributed by atoms with Gasteiger partial charge < -0.3 is 5.32 Å². The summed E-state index contributed by atoms with van der Waals surface area (Å²) in [5.41, 5.74) is 0.653. The zero-order chi connectivity index (χ0) is 21.3. The summed E-state index contributed by atoms with van der Waals surface area (Å²) in [4.78, 5) is 21.6. The molecule has 1 aliphatic carbocycles. The summed E-state index contributed by atoms with van der Waals surface area (Å²) < 4.78 is 28.4. The standard InChI is InChI=1S/C21H29N5O3S/c1-3-15(2)30(28,29)25-12-10-17(11-13-25)23-21-22-14-16-8-9-19(27)26(20(16)24-21)18-6-4-5-7-18/h3,8-9,14-15,17-18H,1,4-7,10-13H2,2H3,(H,22,23,24). The molecule has 30 heavy (non-hydrogen) atoms. The Kier molecular flexibility index (Phi) is 5.92. The zero-order valence-corrected chi connectivity index (χ0v) is 18.1. The third-order valence-electron chi connectivity index (χ3n) is 6.31. The lowest BCUT2D eigenvalue weighted by molar-refractivity contribution is 0.327. The molecule has 0 spiro atoms. The lowest BCUT2D eigenvalue weighted by atomic mass is 10.1. The predicted molar refractivity (Wildman–Crippen MR) is 118 cm³/mol. The Morgan fingerprint density at radius 3 is 2.57 bits per heavy atom. The molecule has 1 atom stereocenters. The molecule has 0 radical (unpaired) electrons. The summed E-state index contributed by atoms with van der Waals surface area (Å²) in [6.45, 7) is 6.17. The molecule has 2 aromatic heterocycles. The zero-order valence-electron chi connectivity index (χ0n) is 17.3. The summed E-state index contributed by atoms with van der Waals surface area (Å²) in [5.74, 6) is 0.487. The van der Waals surface area contributed by atoms with E-state index < -0.39 is 15.3 Å². The number of anilines is 1. The Morgan fingerprint density at radius 2 is 1.90 bits per heavy atom. The minimum Gasteiger partial charge on any atom is -0.351 e. The lowest BCUT2D eigenvalue weighted by Crippen LogP contribution is -2.45. The second-order valence-electron chi connectivity index (χ2n) is 8.26. The Balaban J connectivity index is 1.51. The largest absolute Gasteiger partial charge is 0.351 e. The lowest BCUT2D eigenvalue weighted by Gasteiger charge is -2.32. The van der Waals surface area contributed by atoms with E-state index in [1.165, 1.54) is 10.4 Å². The van der Waals surface area contributed by atoms with Crippen LogP contribution >= 0.6 is 0 Å². The quantitative estimate of drug-likeness (QED) is 0.707. The van der Waals surface area contributed by atoms with Gasteiger partial charge in [0.2, 0.25) is 16.0 Å². The maximum atomic E-state index is 12.5. The molecule has 8 nitrogen and oxygen atoms in total. The molecule has 3 heterocycles. The third kappa shape index (κ3) is 4.00. The van der Waals surface area contributed by atoms with E-state index in [0.29, 0.717) is 37.5 Å². The van der Waals surface area contributed by atoms with Crippen LogP contribution in [0.25, 0.3) is 11.0 Å². The van der Waals surface area contributed by atoms with Crippen LogP contribution in [-0.4, -0.2) is 51.6 Å². The number of fused-ring (bicyclic) bond motifs is 1. The van der Waals surface area contributed by atoms with Gasteiger partial charge in [-0.15, -0.1) is 6.58 Å². The van der Waals surface area contributed by atoms with Crippen molar-refractivity contribution in [1.82, 2.24) is 18.8 Å². The molecule has 1 N–H and O–H groups in total. The number of aromatic nitrogens is 3. The molecule has 1 saturated carbocycles. The number of hydrogen-bond donors (Lipinski definition) is 1. The highest BCUT2D eigenvalue weighted by Crippen LogP contribution is 2.30. The topological polar surface area (TPSA) is 97.2 Å². The summed E-state index contributed by atoms with van der Waals surface area (Å²) in [6.07, 6.45) is 8.84. The number of nitrogens with zero attached hydrogens (tertiary/aromatic N) is 4. The van der Waals surface area contributed by atoms with Crippen LogP contribution in [0.5, 0.6) is 0 Å². The molecule has 2 aliphatic rings. The Bertz CT molecular complexity index is 1080. The molecule has 1 aliphatic heterocycles. The first kappa shape index (κ1) is 21.0. The highest BCUT2D eigenvalue weighted by molar-refractivity contribution is 7.89. The Labute approximate surface area is 177 Å². The maximum Gasteiger partial charge on any atom is 0.252 e. The van der Waals surface area contributed by atoms with Crippen LogP contribution in [0.3, 0.4) is 0 Å². The van der Waals surface area contributed by atoms with Crippen molar-refractivity contribution < 1.29 is 8.42 Å². The van der Waals surface area contributed by atoms with Gasteiger partial charge in [0.05, 0.1) is 5.25 Å². The van der Waals surface area contributed by atoms with Crippen LogP contribution < -0.4 is 10.9 Å². The number of piperidine rings is 1. The normalized spacial score (nSPS) is 20.4. The summed E-state index contributed by atoms with van der Waals surface area (Å²) in [5, 5.41) is 3.61. The summed E-state index contributed by atoms with van der Waals surface area (Å²) in [7, 11) is -3.34. The number of sulfonamides is 1. The molecule has 1 unspecified atom stereocenters. The fourth-order valence-electron chi connectivity index (χ4n) is 4.42. The molecule has 162 valence electrons. The van der Waals surface area contributed by atoms with E-state index in [9.17, 15) is 13.2 Å². The van der Waals surface area contributed by atoms with Gasteiger partial charge in [0.15, 0.2) is 0 Å². The molecule has 2 aromatic rings. The smallest absolute Gasteiger partial charge is 0.252 e. The van der Waals surface area contributed by atoms with Gasteiger partial charge in [-0.2, -0.15) is 4.98 Å². The number of nitrogens with one attached hydrogen (secondary N) is 1. The van der Waals surface area contributed by atoms with Crippen molar-refractivity contribution in [3.63, 3.8) is 0 Å². The first-order chi connectivity index (χ1) is 14.4. The maximum absolute atomic E-state index is 12.5. The Hall–Kier alpha value is -2.26. The van der Waals surface area contributed by atoms with E-state index in [2.05, 4.69) is 21.9 Å². The monoisotopic (exact) mass is 431 g/mol. The van der Waals surface area contributed by atoms with Crippen LogP contribution in [-0.2, 0) is 10.0 Å².